The second-order valence-corrected chi connectivity index (χ2v) is 7.43. The van der Waals surface area contributed by atoms with E-state index in [4.69, 9.17) is 9.47 Å². The fraction of sp³-hybridized carbons (Fsp3) is 0.600. The number of benzene rings is 1. The van der Waals surface area contributed by atoms with Gasteiger partial charge in [-0.2, -0.15) is 0 Å². The van der Waals surface area contributed by atoms with Crippen molar-refractivity contribution in [3.05, 3.63) is 18.2 Å². The van der Waals surface area contributed by atoms with Crippen molar-refractivity contribution in [2.75, 3.05) is 24.7 Å². The number of ether oxygens (including phenoxy) is 2. The highest BCUT2D eigenvalue weighted by molar-refractivity contribution is 6.00. The van der Waals surface area contributed by atoms with Gasteiger partial charge < -0.3 is 19.7 Å². The number of hydrogen-bond donors (Lipinski definition) is 1. The van der Waals surface area contributed by atoms with E-state index in [0.717, 1.165) is 18.5 Å². The van der Waals surface area contributed by atoms with Gasteiger partial charge in [-0.1, -0.05) is 25.7 Å². The molecule has 2 fully saturated rings. The lowest BCUT2D eigenvalue weighted by Crippen LogP contribution is -2.39. The largest absolute Gasteiger partial charge is 0.486 e. The summed E-state index contributed by atoms with van der Waals surface area (Å²) in [5.74, 6) is 1.09. The highest BCUT2D eigenvalue weighted by Crippen LogP contribution is 2.36. The average molecular weight is 358 g/mol. The molecule has 4 rings (SSSR count). The maximum absolute atomic E-state index is 12.6. The molecule has 1 N–H and O–H groups in total. The highest BCUT2D eigenvalue weighted by atomic mass is 16.6. The molecule has 1 aliphatic carbocycles. The fourth-order valence-electron chi connectivity index (χ4n) is 4.08. The van der Waals surface area contributed by atoms with Crippen LogP contribution in [0.3, 0.4) is 0 Å². The van der Waals surface area contributed by atoms with E-state index in [-0.39, 0.29) is 30.2 Å². The quantitative estimate of drug-likeness (QED) is 0.844. The normalized spacial score (nSPS) is 23.6. The van der Waals surface area contributed by atoms with Crippen LogP contribution in [0.4, 0.5) is 5.69 Å². The number of anilines is 1. The third-order valence-electron chi connectivity index (χ3n) is 5.53. The molecule has 1 aromatic rings. The van der Waals surface area contributed by atoms with Crippen LogP contribution in [0.15, 0.2) is 18.2 Å². The Kier molecular flexibility index (Phi) is 5.00. The second-order valence-electron chi connectivity index (χ2n) is 7.43. The number of amides is 2. The van der Waals surface area contributed by atoms with Crippen LogP contribution in [0.1, 0.15) is 44.9 Å². The lowest BCUT2D eigenvalue weighted by atomic mass is 10.0. The summed E-state index contributed by atoms with van der Waals surface area (Å²) in [5, 5.41) is 3.18. The Morgan fingerprint density at radius 1 is 1.04 bits per heavy atom. The van der Waals surface area contributed by atoms with Crippen molar-refractivity contribution < 1.29 is 19.1 Å². The van der Waals surface area contributed by atoms with Crippen LogP contribution < -0.4 is 19.7 Å². The van der Waals surface area contributed by atoms with E-state index in [1.54, 1.807) is 4.90 Å². The molecule has 0 bridgehead atoms. The van der Waals surface area contributed by atoms with Crippen molar-refractivity contribution in [3.63, 3.8) is 0 Å². The molecule has 0 aromatic heterocycles. The average Bonchev–Trinajstić information content (AvgIpc) is 2.87. The lowest BCUT2D eigenvalue weighted by molar-refractivity contribution is -0.127. The fourth-order valence-corrected chi connectivity index (χ4v) is 4.08. The lowest BCUT2D eigenvalue weighted by Gasteiger charge is -2.22. The summed E-state index contributed by atoms with van der Waals surface area (Å²) in [7, 11) is 0. The first-order chi connectivity index (χ1) is 12.7. The van der Waals surface area contributed by atoms with Gasteiger partial charge in [-0.15, -0.1) is 0 Å². The molecule has 140 valence electrons. The number of carbonyl (C=O) groups excluding carboxylic acids is 2. The molecule has 3 aliphatic rings. The number of carbonyl (C=O) groups is 2. The first-order valence-corrected chi connectivity index (χ1v) is 9.71. The summed E-state index contributed by atoms with van der Waals surface area (Å²) in [5.41, 5.74) is 0.768. The maximum Gasteiger partial charge on any atom is 0.227 e. The molecule has 1 aromatic carbocycles. The van der Waals surface area contributed by atoms with Gasteiger partial charge in [0.15, 0.2) is 11.5 Å². The molecule has 2 amide bonds. The first kappa shape index (κ1) is 17.2. The summed E-state index contributed by atoms with van der Waals surface area (Å²) < 4.78 is 11.1. The van der Waals surface area contributed by atoms with Gasteiger partial charge in [-0.05, 0) is 25.0 Å². The van der Waals surface area contributed by atoms with Crippen molar-refractivity contribution in [3.8, 4) is 11.5 Å². The molecule has 2 aliphatic heterocycles. The molecule has 1 atom stereocenters. The van der Waals surface area contributed by atoms with Crippen LogP contribution in [0.2, 0.25) is 0 Å². The molecule has 0 unspecified atom stereocenters. The van der Waals surface area contributed by atoms with Crippen molar-refractivity contribution in [2.24, 2.45) is 5.92 Å². The maximum atomic E-state index is 12.6. The summed E-state index contributed by atoms with van der Waals surface area (Å²) >= 11 is 0. The van der Waals surface area contributed by atoms with E-state index in [0.29, 0.717) is 31.3 Å². The Labute approximate surface area is 153 Å². The third kappa shape index (κ3) is 3.64. The van der Waals surface area contributed by atoms with Crippen molar-refractivity contribution in [1.29, 1.82) is 0 Å². The standard InChI is InChI=1S/C20H26N2O4/c23-19-11-14(20(24)21-15-5-3-1-2-4-6-15)13-22(19)16-7-8-17-18(12-16)26-10-9-25-17/h7-8,12,14-15H,1-6,9-11,13H2,(H,21,24)/t14-/m1/s1. The minimum Gasteiger partial charge on any atom is -0.486 e. The van der Waals surface area contributed by atoms with E-state index in [1.165, 1.54) is 25.7 Å². The minimum absolute atomic E-state index is 0.0114. The van der Waals surface area contributed by atoms with Gasteiger partial charge >= 0.3 is 0 Å². The van der Waals surface area contributed by atoms with Gasteiger partial charge in [-0.25, -0.2) is 0 Å². The Morgan fingerprint density at radius 3 is 2.54 bits per heavy atom. The van der Waals surface area contributed by atoms with Crippen LogP contribution >= 0.6 is 0 Å². The summed E-state index contributed by atoms with van der Waals surface area (Å²) in [6.07, 6.45) is 7.25. The number of rotatable bonds is 3. The molecule has 1 saturated heterocycles. The zero-order chi connectivity index (χ0) is 17.9. The van der Waals surface area contributed by atoms with Crippen LogP contribution in [0.25, 0.3) is 0 Å². The Bertz CT molecular complexity index is 682. The van der Waals surface area contributed by atoms with E-state index >= 15 is 0 Å². The van der Waals surface area contributed by atoms with Crippen molar-refractivity contribution >= 4 is 17.5 Å². The minimum atomic E-state index is -0.279. The summed E-state index contributed by atoms with van der Waals surface area (Å²) in [4.78, 5) is 26.8. The number of nitrogens with zero attached hydrogens (tertiary/aromatic N) is 1. The van der Waals surface area contributed by atoms with Crippen LogP contribution in [0.5, 0.6) is 11.5 Å². The van der Waals surface area contributed by atoms with Crippen molar-refractivity contribution in [2.45, 2.75) is 51.0 Å². The molecule has 26 heavy (non-hydrogen) atoms. The van der Waals surface area contributed by atoms with Crippen LogP contribution in [-0.2, 0) is 9.59 Å². The van der Waals surface area contributed by atoms with E-state index < -0.39 is 0 Å². The van der Waals surface area contributed by atoms with Gasteiger partial charge in [-0.3, -0.25) is 9.59 Å². The molecule has 0 spiro atoms. The number of fused-ring (bicyclic) bond motifs is 1. The van der Waals surface area contributed by atoms with E-state index in [9.17, 15) is 9.59 Å². The third-order valence-corrected chi connectivity index (χ3v) is 5.53. The molecule has 2 heterocycles. The highest BCUT2D eigenvalue weighted by Gasteiger charge is 2.36. The number of nitrogens with one attached hydrogen (secondary N) is 1. The monoisotopic (exact) mass is 358 g/mol. The van der Waals surface area contributed by atoms with Gasteiger partial charge in [0.1, 0.15) is 13.2 Å². The Hall–Kier alpha value is -2.24. The Balaban J connectivity index is 1.41. The SMILES string of the molecule is O=C(NC1CCCCCC1)[C@@H]1CC(=O)N(c2ccc3c(c2)OCCO3)C1. The summed E-state index contributed by atoms with van der Waals surface area (Å²) in [6.45, 7) is 1.48. The van der Waals surface area contributed by atoms with E-state index in [1.807, 2.05) is 18.2 Å². The van der Waals surface area contributed by atoms with Crippen molar-refractivity contribution in [1.82, 2.24) is 5.32 Å². The predicted octanol–water partition coefficient (Wildman–Crippen LogP) is 2.65. The second kappa shape index (κ2) is 7.56. The zero-order valence-electron chi connectivity index (χ0n) is 15.0. The van der Waals surface area contributed by atoms with Crippen LogP contribution in [0, 0.1) is 5.92 Å². The molecule has 6 heteroatoms. The van der Waals surface area contributed by atoms with Gasteiger partial charge in [0, 0.05) is 30.8 Å². The topological polar surface area (TPSA) is 67.9 Å². The van der Waals surface area contributed by atoms with E-state index in [2.05, 4.69) is 5.32 Å². The van der Waals surface area contributed by atoms with Crippen LogP contribution in [-0.4, -0.2) is 37.6 Å². The predicted molar refractivity (Wildman–Crippen MR) is 97.5 cm³/mol. The molecule has 0 radical (unpaired) electrons. The van der Waals surface area contributed by atoms with Gasteiger partial charge in [0.2, 0.25) is 11.8 Å². The van der Waals surface area contributed by atoms with Gasteiger partial charge in [0.25, 0.3) is 0 Å². The number of hydrogen-bond acceptors (Lipinski definition) is 4. The smallest absolute Gasteiger partial charge is 0.227 e. The zero-order valence-corrected chi connectivity index (χ0v) is 15.0. The molecule has 6 nitrogen and oxygen atoms in total. The summed E-state index contributed by atoms with van der Waals surface area (Å²) in [6, 6.07) is 5.79. The first-order valence-electron chi connectivity index (χ1n) is 9.71. The Morgan fingerprint density at radius 2 is 1.77 bits per heavy atom. The molecule has 1 saturated carbocycles. The van der Waals surface area contributed by atoms with Gasteiger partial charge in [0.05, 0.1) is 5.92 Å². The molecular weight excluding hydrogens is 332 g/mol. The molecular formula is C20H26N2O4.